The second-order valence-corrected chi connectivity index (χ2v) is 2.97. The molecular weight excluding hydrogens is 180 g/mol. The van der Waals surface area contributed by atoms with Crippen molar-refractivity contribution in [1.29, 1.82) is 0 Å². The molecule has 0 aromatic heterocycles. The molecule has 1 fully saturated rings. The fraction of sp³-hybridized carbons (Fsp3) is 0.857. The summed E-state index contributed by atoms with van der Waals surface area (Å²) in [5, 5.41) is 35.5. The lowest BCUT2D eigenvalue weighted by Crippen LogP contribution is -2.34. The summed E-state index contributed by atoms with van der Waals surface area (Å²) in [6.07, 6.45) is -4.67. The van der Waals surface area contributed by atoms with Crippen LogP contribution in [0.4, 0.5) is 0 Å². The summed E-state index contributed by atoms with van der Waals surface area (Å²) in [5.74, 6) is -1.12. The van der Waals surface area contributed by atoms with Crippen LogP contribution in [0.1, 0.15) is 6.42 Å². The van der Waals surface area contributed by atoms with Crippen LogP contribution in [0.15, 0.2) is 0 Å². The molecule has 0 bridgehead atoms. The third-order valence-corrected chi connectivity index (χ3v) is 2.02. The summed E-state index contributed by atoms with van der Waals surface area (Å²) >= 11 is 0. The molecule has 0 saturated carbocycles. The molecule has 0 aliphatic carbocycles. The Labute approximate surface area is 74.4 Å². The molecule has 1 saturated heterocycles. The molecule has 0 spiro atoms. The van der Waals surface area contributed by atoms with Crippen LogP contribution in [0.3, 0.4) is 0 Å². The summed E-state index contributed by atoms with van der Waals surface area (Å²) in [5.41, 5.74) is 0. The zero-order valence-corrected chi connectivity index (χ0v) is 6.83. The first kappa shape index (κ1) is 10.4. The average Bonchev–Trinajstić information content (AvgIpc) is 2.32. The van der Waals surface area contributed by atoms with Gasteiger partial charge in [0, 0.05) is 0 Å². The number of carboxylic acids is 1. The zero-order chi connectivity index (χ0) is 10.0. The van der Waals surface area contributed by atoms with Crippen molar-refractivity contribution in [2.24, 2.45) is 0 Å². The van der Waals surface area contributed by atoms with Gasteiger partial charge in [-0.2, -0.15) is 0 Å². The zero-order valence-electron chi connectivity index (χ0n) is 6.83. The smallest absolute Gasteiger partial charge is 0.306 e. The van der Waals surface area contributed by atoms with Gasteiger partial charge in [-0.1, -0.05) is 0 Å². The highest BCUT2D eigenvalue weighted by atomic mass is 16.6. The maximum atomic E-state index is 10.3. The molecule has 4 N–H and O–H groups in total. The monoisotopic (exact) mass is 192 g/mol. The number of hydrogen-bond acceptors (Lipinski definition) is 5. The maximum absolute atomic E-state index is 10.3. The molecule has 1 aliphatic rings. The molecule has 4 atom stereocenters. The predicted octanol–water partition coefficient (Wildman–Crippen LogP) is -2.06. The fourth-order valence-electron chi connectivity index (χ4n) is 1.32. The Morgan fingerprint density at radius 3 is 2.15 bits per heavy atom. The number of rotatable bonds is 3. The minimum Gasteiger partial charge on any atom is -0.481 e. The van der Waals surface area contributed by atoms with E-state index in [4.69, 9.17) is 14.9 Å². The van der Waals surface area contributed by atoms with E-state index in [1.807, 2.05) is 0 Å². The molecule has 76 valence electrons. The Morgan fingerprint density at radius 1 is 1.23 bits per heavy atom. The van der Waals surface area contributed by atoms with Crippen LogP contribution in [0, 0.1) is 0 Å². The van der Waals surface area contributed by atoms with Crippen molar-refractivity contribution in [3.05, 3.63) is 0 Å². The van der Waals surface area contributed by atoms with E-state index in [0.29, 0.717) is 0 Å². The highest BCUT2D eigenvalue weighted by Gasteiger charge is 2.42. The van der Waals surface area contributed by atoms with Gasteiger partial charge in [-0.15, -0.1) is 0 Å². The molecule has 6 nitrogen and oxygen atoms in total. The van der Waals surface area contributed by atoms with Crippen LogP contribution in [0.5, 0.6) is 0 Å². The molecule has 0 aromatic rings. The SMILES string of the molecule is O=C(O)C[C@@H]1O[C@H](CO)[C@@H](O)[C@H]1O. The summed E-state index contributed by atoms with van der Waals surface area (Å²) in [6, 6.07) is 0. The molecular formula is C7H12O6. The molecule has 0 amide bonds. The largest absolute Gasteiger partial charge is 0.481 e. The molecule has 0 radical (unpaired) electrons. The minimum atomic E-state index is -1.24. The van der Waals surface area contributed by atoms with Gasteiger partial charge in [0.15, 0.2) is 0 Å². The van der Waals surface area contributed by atoms with Gasteiger partial charge in [0.05, 0.1) is 19.1 Å². The fourth-order valence-corrected chi connectivity index (χ4v) is 1.32. The van der Waals surface area contributed by atoms with Crippen LogP contribution >= 0.6 is 0 Å². The Balaban J connectivity index is 2.55. The molecule has 13 heavy (non-hydrogen) atoms. The molecule has 1 rings (SSSR count). The average molecular weight is 192 g/mol. The summed E-state index contributed by atoms with van der Waals surface area (Å²) in [6.45, 7) is -0.436. The van der Waals surface area contributed by atoms with Crippen molar-refractivity contribution < 1.29 is 30.0 Å². The van der Waals surface area contributed by atoms with E-state index in [1.165, 1.54) is 0 Å². The number of carboxylic acid groups (broad SMARTS) is 1. The summed E-state index contributed by atoms with van der Waals surface area (Å²) in [7, 11) is 0. The second-order valence-electron chi connectivity index (χ2n) is 2.97. The van der Waals surface area contributed by atoms with E-state index in [-0.39, 0.29) is 6.42 Å². The van der Waals surface area contributed by atoms with Crippen LogP contribution < -0.4 is 0 Å². The van der Waals surface area contributed by atoms with Gasteiger partial charge in [0.2, 0.25) is 0 Å². The van der Waals surface area contributed by atoms with Gasteiger partial charge in [-0.05, 0) is 0 Å². The maximum Gasteiger partial charge on any atom is 0.306 e. The highest BCUT2D eigenvalue weighted by Crippen LogP contribution is 2.23. The topological polar surface area (TPSA) is 107 Å². The summed E-state index contributed by atoms with van der Waals surface area (Å²) in [4.78, 5) is 10.3. The van der Waals surface area contributed by atoms with E-state index in [2.05, 4.69) is 0 Å². The van der Waals surface area contributed by atoms with Crippen molar-refractivity contribution in [2.75, 3.05) is 6.61 Å². The highest BCUT2D eigenvalue weighted by molar-refractivity contribution is 5.67. The van der Waals surface area contributed by atoms with Gasteiger partial charge < -0.3 is 25.2 Å². The second kappa shape index (κ2) is 4.01. The third kappa shape index (κ3) is 2.16. The molecule has 6 heteroatoms. The molecule has 1 aliphatic heterocycles. The minimum absolute atomic E-state index is 0.380. The Bertz CT molecular complexity index is 193. The van der Waals surface area contributed by atoms with Crippen molar-refractivity contribution in [3.8, 4) is 0 Å². The quantitative estimate of drug-likeness (QED) is 0.409. The normalized spacial score (nSPS) is 39.3. The third-order valence-electron chi connectivity index (χ3n) is 2.02. The lowest BCUT2D eigenvalue weighted by atomic mass is 10.1. The Hall–Kier alpha value is -0.690. The van der Waals surface area contributed by atoms with Crippen LogP contribution in [-0.2, 0) is 9.53 Å². The predicted molar refractivity (Wildman–Crippen MR) is 40.0 cm³/mol. The van der Waals surface area contributed by atoms with Gasteiger partial charge in [-0.25, -0.2) is 0 Å². The number of aliphatic hydroxyl groups excluding tert-OH is 3. The van der Waals surface area contributed by atoms with Crippen LogP contribution in [0.2, 0.25) is 0 Å². The number of aliphatic carboxylic acids is 1. The first-order chi connectivity index (χ1) is 6.06. The van der Waals surface area contributed by atoms with Crippen molar-refractivity contribution >= 4 is 5.97 Å². The van der Waals surface area contributed by atoms with E-state index in [9.17, 15) is 15.0 Å². The van der Waals surface area contributed by atoms with Gasteiger partial charge in [0.25, 0.3) is 0 Å². The van der Waals surface area contributed by atoms with Crippen molar-refractivity contribution in [1.82, 2.24) is 0 Å². The molecule has 0 unspecified atom stereocenters. The number of hydrogen-bond donors (Lipinski definition) is 4. The number of ether oxygens (including phenoxy) is 1. The first-order valence-electron chi connectivity index (χ1n) is 3.90. The lowest BCUT2D eigenvalue weighted by Gasteiger charge is -2.11. The Kier molecular flexibility index (Phi) is 3.21. The molecule has 1 heterocycles. The van der Waals surface area contributed by atoms with Gasteiger partial charge >= 0.3 is 5.97 Å². The van der Waals surface area contributed by atoms with Crippen LogP contribution in [0.25, 0.3) is 0 Å². The van der Waals surface area contributed by atoms with E-state index >= 15 is 0 Å². The first-order valence-corrected chi connectivity index (χ1v) is 3.90. The van der Waals surface area contributed by atoms with E-state index < -0.39 is 37.0 Å². The lowest BCUT2D eigenvalue weighted by molar-refractivity contribution is -0.141. The van der Waals surface area contributed by atoms with E-state index in [0.717, 1.165) is 0 Å². The Morgan fingerprint density at radius 2 is 1.77 bits per heavy atom. The van der Waals surface area contributed by atoms with Gasteiger partial charge in [-0.3, -0.25) is 4.79 Å². The van der Waals surface area contributed by atoms with Crippen molar-refractivity contribution in [3.63, 3.8) is 0 Å². The number of carbonyl (C=O) groups is 1. The van der Waals surface area contributed by atoms with Crippen LogP contribution in [-0.4, -0.2) is 57.4 Å². The number of aliphatic hydroxyl groups is 3. The van der Waals surface area contributed by atoms with Gasteiger partial charge in [0.1, 0.15) is 18.3 Å². The van der Waals surface area contributed by atoms with Crippen molar-refractivity contribution in [2.45, 2.75) is 30.8 Å². The summed E-state index contributed by atoms with van der Waals surface area (Å²) < 4.78 is 4.92. The van der Waals surface area contributed by atoms with E-state index in [1.54, 1.807) is 0 Å². The standard InChI is InChI=1S/C7H12O6/c8-2-4-7(12)6(11)3(13-4)1-5(9)10/h3-4,6-8,11-12H,1-2H2,(H,9,10)/t3-,4+,6-,7+/m0/s1. The molecule has 0 aromatic carbocycles.